The molecule has 0 aliphatic carbocycles. The van der Waals surface area contributed by atoms with Crippen LogP contribution in [0.25, 0.3) is 10.9 Å². The number of para-hydroxylation sites is 1. The predicted molar refractivity (Wildman–Crippen MR) is 172 cm³/mol. The summed E-state index contributed by atoms with van der Waals surface area (Å²) in [5.41, 5.74) is 7.92. The number of aromatic amines is 1. The maximum Gasteiger partial charge on any atom is 0.305 e. The molecule has 13 nitrogen and oxygen atoms in total. The summed E-state index contributed by atoms with van der Waals surface area (Å²) in [5, 5.41) is 18.0. The molecule has 0 unspecified atom stereocenters. The van der Waals surface area contributed by atoms with Crippen molar-refractivity contribution in [3.63, 3.8) is 0 Å². The van der Waals surface area contributed by atoms with Gasteiger partial charge in [-0.3, -0.25) is 28.8 Å². The van der Waals surface area contributed by atoms with Gasteiger partial charge in [-0.1, -0.05) is 48.5 Å². The van der Waals surface area contributed by atoms with Crippen LogP contribution in [0.4, 0.5) is 0 Å². The Morgan fingerprint density at radius 3 is 2.30 bits per heavy atom. The van der Waals surface area contributed by atoms with E-state index < -0.39 is 66.1 Å². The quantitative estimate of drug-likeness (QED) is 0.146. The molecule has 7 N–H and O–H groups in total. The Hall–Kier alpha value is -4.85. The first-order valence-electron chi connectivity index (χ1n) is 14.8. The van der Waals surface area contributed by atoms with Crippen LogP contribution in [0.15, 0.2) is 60.8 Å². The fraction of sp³-hybridized carbons (Fsp3) is 0.375. The van der Waals surface area contributed by atoms with Crippen molar-refractivity contribution in [3.8, 4) is 0 Å². The standard InChI is InChI=1S/C32H38N6O7S/c1-18(39)35-26(13-20-16-34-23-11-7-6-10-22(20)23)32(45)38-17-21(46-2)14-27(38)31(44)37-25(15-28(40)41)30(43)36-24(29(33)42)12-19-8-4-3-5-9-19/h3-11,16,21,24-27,34H,12-15,17H2,1-2H3,(H2,33,42)(H,35,39)(H,36,43)(H,37,44)(H,40,41)/t21-,24+,25+,26+,27+/m1/s1. The van der Waals surface area contributed by atoms with Gasteiger partial charge in [0.25, 0.3) is 0 Å². The van der Waals surface area contributed by atoms with E-state index in [-0.39, 0.29) is 31.1 Å². The summed E-state index contributed by atoms with van der Waals surface area (Å²) in [6.07, 6.45) is 3.34. The summed E-state index contributed by atoms with van der Waals surface area (Å²) in [4.78, 5) is 81.5. The number of nitrogens with zero attached hydrogens (tertiary/aromatic N) is 1. The lowest BCUT2D eigenvalue weighted by atomic mass is 10.0. The van der Waals surface area contributed by atoms with Gasteiger partial charge >= 0.3 is 5.97 Å². The molecule has 1 fully saturated rings. The van der Waals surface area contributed by atoms with E-state index in [1.54, 1.807) is 36.5 Å². The number of H-pyrrole nitrogens is 1. The zero-order chi connectivity index (χ0) is 33.4. The molecule has 2 aromatic carbocycles. The number of rotatable bonds is 14. The Morgan fingerprint density at radius 2 is 1.65 bits per heavy atom. The largest absolute Gasteiger partial charge is 0.481 e. The smallest absolute Gasteiger partial charge is 0.305 e. The van der Waals surface area contributed by atoms with Crippen molar-refractivity contribution in [1.29, 1.82) is 0 Å². The molecule has 14 heteroatoms. The molecule has 3 aromatic rings. The van der Waals surface area contributed by atoms with E-state index >= 15 is 0 Å². The van der Waals surface area contributed by atoms with E-state index in [2.05, 4.69) is 20.9 Å². The summed E-state index contributed by atoms with van der Waals surface area (Å²) in [6, 6.07) is 11.6. The number of hydrogen-bond acceptors (Lipinski definition) is 7. The van der Waals surface area contributed by atoms with Crippen LogP contribution in [0.5, 0.6) is 0 Å². The van der Waals surface area contributed by atoms with Crippen molar-refractivity contribution in [2.24, 2.45) is 5.73 Å². The molecule has 5 amide bonds. The maximum absolute atomic E-state index is 14.0. The number of amides is 5. The molecule has 1 aromatic heterocycles. The highest BCUT2D eigenvalue weighted by Crippen LogP contribution is 2.28. The molecule has 0 spiro atoms. The van der Waals surface area contributed by atoms with Crippen molar-refractivity contribution in [2.75, 3.05) is 12.8 Å². The molecule has 46 heavy (non-hydrogen) atoms. The number of primary amides is 1. The number of carbonyl (C=O) groups is 6. The number of nitrogens with two attached hydrogens (primary N) is 1. The van der Waals surface area contributed by atoms with E-state index in [0.717, 1.165) is 22.0 Å². The number of carboxylic acid groups (broad SMARTS) is 1. The van der Waals surface area contributed by atoms with Crippen molar-refractivity contribution in [3.05, 3.63) is 71.9 Å². The van der Waals surface area contributed by atoms with Crippen molar-refractivity contribution in [1.82, 2.24) is 25.8 Å². The minimum absolute atomic E-state index is 0.0664. The Kier molecular flexibility index (Phi) is 11.4. The number of fused-ring (bicyclic) bond motifs is 1. The summed E-state index contributed by atoms with van der Waals surface area (Å²) < 4.78 is 0. The highest BCUT2D eigenvalue weighted by atomic mass is 32.2. The number of nitrogens with one attached hydrogen (secondary N) is 4. The molecule has 4 rings (SSSR count). The summed E-state index contributed by atoms with van der Waals surface area (Å²) in [6.45, 7) is 1.51. The third kappa shape index (κ3) is 8.65. The number of benzene rings is 2. The fourth-order valence-electron chi connectivity index (χ4n) is 5.62. The van der Waals surface area contributed by atoms with E-state index in [1.165, 1.54) is 23.6 Å². The normalized spacial score (nSPS) is 17.9. The van der Waals surface area contributed by atoms with Gasteiger partial charge in [-0.15, -0.1) is 0 Å². The minimum atomic E-state index is -1.55. The molecule has 1 saturated heterocycles. The molecule has 0 saturated carbocycles. The number of aliphatic carboxylic acids is 1. The number of thioether (sulfide) groups is 1. The minimum Gasteiger partial charge on any atom is -0.481 e. The molecular weight excluding hydrogens is 612 g/mol. The van der Waals surface area contributed by atoms with Gasteiger partial charge in [0.05, 0.1) is 6.42 Å². The van der Waals surface area contributed by atoms with Gasteiger partial charge in [0.1, 0.15) is 24.2 Å². The first kappa shape index (κ1) is 34.0. The molecule has 2 heterocycles. The highest BCUT2D eigenvalue weighted by molar-refractivity contribution is 7.99. The molecule has 0 radical (unpaired) electrons. The van der Waals surface area contributed by atoms with Crippen molar-refractivity contribution < 1.29 is 33.9 Å². The van der Waals surface area contributed by atoms with Crippen LogP contribution < -0.4 is 21.7 Å². The average Bonchev–Trinajstić information content (AvgIpc) is 3.64. The number of hydrogen-bond donors (Lipinski definition) is 6. The Bertz CT molecular complexity index is 1600. The highest BCUT2D eigenvalue weighted by Gasteiger charge is 2.43. The van der Waals surface area contributed by atoms with Gasteiger partial charge < -0.3 is 36.7 Å². The fourth-order valence-corrected chi connectivity index (χ4v) is 6.31. The Balaban J connectivity index is 1.53. The SMILES string of the molecule is CS[C@@H]1C[C@@H](C(=O)N[C@@H](CC(=O)O)C(=O)N[C@@H](Cc2ccccc2)C(N)=O)N(C(=O)[C@H](Cc2c[nH]c3ccccc23)NC(C)=O)C1. The maximum atomic E-state index is 14.0. The van der Waals surface area contributed by atoms with Crippen LogP contribution in [-0.4, -0.2) is 92.7 Å². The van der Waals surface area contributed by atoms with Gasteiger partial charge in [-0.05, 0) is 29.9 Å². The molecule has 244 valence electrons. The van der Waals surface area contributed by atoms with E-state index in [4.69, 9.17) is 5.73 Å². The molecule has 5 atom stereocenters. The van der Waals surface area contributed by atoms with Crippen molar-refractivity contribution >= 4 is 58.2 Å². The summed E-state index contributed by atoms with van der Waals surface area (Å²) >= 11 is 1.46. The first-order valence-corrected chi connectivity index (χ1v) is 16.1. The molecule has 1 aliphatic heterocycles. The molecule has 1 aliphatic rings. The second-order valence-electron chi connectivity index (χ2n) is 11.2. The summed E-state index contributed by atoms with van der Waals surface area (Å²) in [5.74, 6) is -4.70. The number of likely N-dealkylation sites (tertiary alicyclic amines) is 1. The molecule has 0 bridgehead atoms. The van der Waals surface area contributed by atoms with Crippen LogP contribution in [0, 0.1) is 0 Å². The Morgan fingerprint density at radius 1 is 0.957 bits per heavy atom. The van der Waals surface area contributed by atoms with E-state index in [0.29, 0.717) is 0 Å². The average molecular weight is 651 g/mol. The number of carboxylic acids is 1. The van der Waals surface area contributed by atoms with Gasteiger partial charge in [0.15, 0.2) is 0 Å². The van der Waals surface area contributed by atoms with Gasteiger partial charge in [0, 0.05) is 48.7 Å². The van der Waals surface area contributed by atoms with Crippen LogP contribution in [0.3, 0.4) is 0 Å². The first-order chi connectivity index (χ1) is 22.0. The van der Waals surface area contributed by atoms with Crippen LogP contribution >= 0.6 is 11.8 Å². The second-order valence-corrected chi connectivity index (χ2v) is 12.4. The predicted octanol–water partition coefficient (Wildman–Crippen LogP) is 0.720. The topological polar surface area (TPSA) is 204 Å². The van der Waals surface area contributed by atoms with Crippen LogP contribution in [0.2, 0.25) is 0 Å². The zero-order valence-electron chi connectivity index (χ0n) is 25.5. The summed E-state index contributed by atoms with van der Waals surface area (Å²) in [7, 11) is 0. The third-order valence-electron chi connectivity index (χ3n) is 7.91. The molecular formula is C32H38N6O7S. The monoisotopic (exact) mass is 650 g/mol. The number of aromatic nitrogens is 1. The third-order valence-corrected chi connectivity index (χ3v) is 8.92. The number of carbonyl (C=O) groups excluding carboxylic acids is 5. The second kappa shape index (κ2) is 15.4. The zero-order valence-corrected chi connectivity index (χ0v) is 26.3. The lowest BCUT2D eigenvalue weighted by molar-refractivity contribution is -0.144. The van der Waals surface area contributed by atoms with Crippen LogP contribution in [-0.2, 0) is 41.6 Å². The van der Waals surface area contributed by atoms with Gasteiger partial charge in [-0.25, -0.2) is 0 Å². The van der Waals surface area contributed by atoms with Crippen LogP contribution in [0.1, 0.15) is 30.9 Å². The van der Waals surface area contributed by atoms with Gasteiger partial charge in [-0.2, -0.15) is 11.8 Å². The lowest BCUT2D eigenvalue weighted by Gasteiger charge is -2.29. The van der Waals surface area contributed by atoms with Crippen molar-refractivity contribution in [2.45, 2.75) is 62.0 Å². The van der Waals surface area contributed by atoms with E-state index in [9.17, 15) is 33.9 Å². The Labute approximate surface area is 270 Å². The van der Waals surface area contributed by atoms with Gasteiger partial charge in [0.2, 0.25) is 29.5 Å². The lowest BCUT2D eigenvalue weighted by Crippen LogP contribution is -2.58. The van der Waals surface area contributed by atoms with E-state index in [1.807, 2.05) is 30.5 Å².